The number of Topliss-reactive ketones (excluding diaryl/α,β-unsaturated/α-hetero) is 1. The molecule has 4 unspecified atom stereocenters. The smallest absolute Gasteiger partial charge is 0.148 e. The number of hydrogen-bond acceptors (Lipinski definition) is 1. The SMILES string of the molecule is O=C1[C@H](c2ccccc2)C2CC(C3=C2C2CCC3C2)[C@H]1c1ccccc1. The molecule has 6 rings (SSSR count). The number of benzene rings is 2. The van der Waals surface area contributed by atoms with Gasteiger partial charge < -0.3 is 0 Å². The first-order valence-corrected chi connectivity index (χ1v) is 10.2. The van der Waals surface area contributed by atoms with E-state index in [1.54, 1.807) is 11.1 Å². The van der Waals surface area contributed by atoms with Crippen LogP contribution < -0.4 is 0 Å². The van der Waals surface area contributed by atoms with Gasteiger partial charge in [-0.1, -0.05) is 71.8 Å². The number of carbonyl (C=O) groups excluding carboxylic acids is 1. The van der Waals surface area contributed by atoms with Crippen LogP contribution in [0.2, 0.25) is 0 Å². The molecule has 0 saturated heterocycles. The van der Waals surface area contributed by atoms with Crippen LogP contribution in [0.4, 0.5) is 0 Å². The van der Waals surface area contributed by atoms with E-state index in [1.807, 2.05) is 0 Å². The Morgan fingerprint density at radius 2 is 1.08 bits per heavy atom. The van der Waals surface area contributed by atoms with Crippen molar-refractivity contribution in [3.63, 3.8) is 0 Å². The van der Waals surface area contributed by atoms with Crippen molar-refractivity contribution in [2.45, 2.75) is 37.5 Å². The molecule has 0 amide bonds. The molecule has 4 aliphatic rings. The second kappa shape index (κ2) is 5.42. The van der Waals surface area contributed by atoms with Gasteiger partial charge in [-0.15, -0.1) is 0 Å². The summed E-state index contributed by atoms with van der Waals surface area (Å²) in [5, 5.41) is 0. The van der Waals surface area contributed by atoms with Crippen molar-refractivity contribution < 1.29 is 4.79 Å². The molecule has 0 radical (unpaired) electrons. The third-order valence-corrected chi connectivity index (χ3v) is 7.69. The molecule has 0 aliphatic heterocycles. The van der Waals surface area contributed by atoms with Crippen molar-refractivity contribution in [1.82, 2.24) is 0 Å². The summed E-state index contributed by atoms with van der Waals surface area (Å²) in [7, 11) is 0. The Morgan fingerprint density at radius 1 is 0.615 bits per heavy atom. The molecule has 2 aromatic rings. The molecule has 2 saturated carbocycles. The van der Waals surface area contributed by atoms with E-state index in [-0.39, 0.29) is 11.8 Å². The van der Waals surface area contributed by atoms with E-state index in [0.717, 1.165) is 11.8 Å². The minimum atomic E-state index is 0.0597. The number of rotatable bonds is 2. The fourth-order valence-corrected chi connectivity index (χ4v) is 6.91. The van der Waals surface area contributed by atoms with Gasteiger partial charge in [0.15, 0.2) is 0 Å². The first-order chi connectivity index (χ1) is 12.8. The maximum absolute atomic E-state index is 13.8. The fourth-order valence-electron chi connectivity index (χ4n) is 6.91. The quantitative estimate of drug-likeness (QED) is 0.521. The van der Waals surface area contributed by atoms with Crippen molar-refractivity contribution in [3.8, 4) is 0 Å². The van der Waals surface area contributed by atoms with Gasteiger partial charge in [-0.3, -0.25) is 4.79 Å². The van der Waals surface area contributed by atoms with Gasteiger partial charge in [0.2, 0.25) is 0 Å². The van der Waals surface area contributed by atoms with Gasteiger partial charge in [0, 0.05) is 11.8 Å². The van der Waals surface area contributed by atoms with E-state index in [0.29, 0.717) is 17.6 Å². The van der Waals surface area contributed by atoms with Gasteiger partial charge >= 0.3 is 0 Å². The molecule has 0 spiro atoms. The van der Waals surface area contributed by atoms with Crippen LogP contribution in [-0.2, 0) is 4.79 Å². The summed E-state index contributed by atoms with van der Waals surface area (Å²) in [5.74, 6) is 3.09. The fraction of sp³-hybridized carbons (Fsp3) is 0.400. The molecule has 130 valence electrons. The van der Waals surface area contributed by atoms with E-state index < -0.39 is 0 Å². The van der Waals surface area contributed by atoms with E-state index in [4.69, 9.17) is 0 Å². The lowest BCUT2D eigenvalue weighted by molar-refractivity contribution is -0.125. The van der Waals surface area contributed by atoms with Crippen LogP contribution in [0.1, 0.15) is 48.6 Å². The summed E-state index contributed by atoms with van der Waals surface area (Å²) in [6, 6.07) is 21.2. The Kier molecular flexibility index (Phi) is 3.12. The maximum Gasteiger partial charge on any atom is 0.148 e. The van der Waals surface area contributed by atoms with Crippen molar-refractivity contribution in [2.75, 3.05) is 0 Å². The molecule has 1 heteroatoms. The van der Waals surface area contributed by atoms with Crippen LogP contribution in [0.25, 0.3) is 0 Å². The van der Waals surface area contributed by atoms with Gasteiger partial charge in [-0.25, -0.2) is 0 Å². The first-order valence-electron chi connectivity index (χ1n) is 10.2. The maximum atomic E-state index is 13.8. The predicted octanol–water partition coefficient (Wildman–Crippen LogP) is 5.50. The Hall–Kier alpha value is -2.15. The van der Waals surface area contributed by atoms with Gasteiger partial charge in [0.25, 0.3) is 0 Å². The Labute approximate surface area is 155 Å². The highest BCUT2D eigenvalue weighted by molar-refractivity contribution is 5.95. The molecule has 0 aromatic heterocycles. The zero-order chi connectivity index (χ0) is 17.3. The second-order valence-corrected chi connectivity index (χ2v) is 8.75. The van der Waals surface area contributed by atoms with Crippen LogP contribution >= 0.6 is 0 Å². The van der Waals surface area contributed by atoms with Crippen LogP contribution in [0.3, 0.4) is 0 Å². The average Bonchev–Trinajstić information content (AvgIpc) is 3.37. The zero-order valence-corrected chi connectivity index (χ0v) is 15.0. The summed E-state index contributed by atoms with van der Waals surface area (Å²) in [6.45, 7) is 0. The van der Waals surface area contributed by atoms with Crippen LogP contribution in [-0.4, -0.2) is 5.78 Å². The minimum absolute atomic E-state index is 0.0597. The largest absolute Gasteiger partial charge is 0.298 e. The van der Waals surface area contributed by atoms with Crippen LogP contribution in [0.5, 0.6) is 0 Å². The molecule has 26 heavy (non-hydrogen) atoms. The minimum Gasteiger partial charge on any atom is -0.298 e. The second-order valence-electron chi connectivity index (χ2n) is 8.75. The van der Waals surface area contributed by atoms with Crippen molar-refractivity contribution >= 4 is 5.78 Å². The predicted molar refractivity (Wildman–Crippen MR) is 103 cm³/mol. The summed E-state index contributed by atoms with van der Waals surface area (Å²) in [4.78, 5) is 13.8. The third kappa shape index (κ3) is 1.89. The monoisotopic (exact) mass is 340 g/mol. The van der Waals surface area contributed by atoms with Gasteiger partial charge in [0.05, 0.1) is 0 Å². The number of fused-ring (bicyclic) bond motifs is 8. The molecule has 0 N–H and O–H groups in total. The standard InChI is InChI=1S/C25H24O/c26-25-23(15-7-3-1-4-8-15)19-14-20(24(25)16-9-5-2-6-10-16)22-18-12-11-17(13-18)21(19)22/h1-10,17-20,23-24H,11-14H2/t17?,18?,19?,20?,23-,24-/m1/s1. The number of allylic oxidation sites excluding steroid dienone is 2. The van der Waals surface area contributed by atoms with Crippen molar-refractivity contribution in [3.05, 3.63) is 82.9 Å². The normalized spacial score (nSPS) is 37.3. The van der Waals surface area contributed by atoms with Crippen molar-refractivity contribution in [1.29, 1.82) is 0 Å². The highest BCUT2D eigenvalue weighted by Gasteiger charge is 2.58. The Bertz CT molecular complexity index is 823. The van der Waals surface area contributed by atoms with Gasteiger partial charge in [-0.2, -0.15) is 0 Å². The number of carbonyl (C=O) groups is 1. The lowest BCUT2D eigenvalue weighted by Gasteiger charge is -2.37. The Balaban J connectivity index is 1.53. The summed E-state index contributed by atoms with van der Waals surface area (Å²) in [5.41, 5.74) is 5.93. The van der Waals surface area contributed by atoms with Gasteiger partial charge in [0.1, 0.15) is 5.78 Å². The third-order valence-electron chi connectivity index (χ3n) is 7.69. The molecule has 4 bridgehead atoms. The number of hydrogen-bond donors (Lipinski definition) is 0. The molecular formula is C25H24O. The van der Waals surface area contributed by atoms with E-state index in [2.05, 4.69) is 60.7 Å². The lowest BCUT2D eigenvalue weighted by atomic mass is 9.64. The average molecular weight is 340 g/mol. The zero-order valence-electron chi connectivity index (χ0n) is 15.0. The molecule has 0 heterocycles. The molecule has 2 fully saturated rings. The topological polar surface area (TPSA) is 17.1 Å². The molecule has 6 atom stereocenters. The van der Waals surface area contributed by atoms with Crippen molar-refractivity contribution in [2.24, 2.45) is 23.7 Å². The first kappa shape index (κ1) is 15.0. The van der Waals surface area contributed by atoms with Crippen LogP contribution in [0.15, 0.2) is 71.8 Å². The van der Waals surface area contributed by atoms with E-state index in [9.17, 15) is 4.79 Å². The Morgan fingerprint density at radius 3 is 1.54 bits per heavy atom. The highest BCUT2D eigenvalue weighted by atomic mass is 16.1. The molecule has 1 nitrogen and oxygen atoms in total. The van der Waals surface area contributed by atoms with E-state index in [1.165, 1.54) is 36.8 Å². The van der Waals surface area contributed by atoms with Crippen LogP contribution in [0, 0.1) is 23.7 Å². The molecular weight excluding hydrogens is 316 g/mol. The molecule has 2 aromatic carbocycles. The highest BCUT2D eigenvalue weighted by Crippen LogP contribution is 2.66. The summed E-state index contributed by atoms with van der Waals surface area (Å²) < 4.78 is 0. The summed E-state index contributed by atoms with van der Waals surface area (Å²) in [6.07, 6.45) is 5.29. The molecule has 4 aliphatic carbocycles. The van der Waals surface area contributed by atoms with Gasteiger partial charge in [-0.05, 0) is 60.5 Å². The van der Waals surface area contributed by atoms with E-state index >= 15 is 0 Å². The summed E-state index contributed by atoms with van der Waals surface area (Å²) >= 11 is 0. The number of ketones is 1. The lowest BCUT2D eigenvalue weighted by Crippen LogP contribution is -2.36.